The van der Waals surface area contributed by atoms with Gasteiger partial charge in [-0.2, -0.15) is 0 Å². The predicted molar refractivity (Wildman–Crippen MR) is 70.1 cm³/mol. The van der Waals surface area contributed by atoms with Crippen molar-refractivity contribution >= 4 is 17.5 Å². The zero-order valence-corrected chi connectivity index (χ0v) is 10.7. The fraction of sp³-hybridized carbons (Fsp3) is 0.500. The highest BCUT2D eigenvalue weighted by Gasteiger charge is 2.21. The fourth-order valence-corrected chi connectivity index (χ4v) is 2.44. The topological polar surface area (TPSA) is 29.1 Å². The van der Waals surface area contributed by atoms with Gasteiger partial charge in [0.25, 0.3) is 0 Å². The molecule has 0 spiro atoms. The summed E-state index contributed by atoms with van der Waals surface area (Å²) >= 11 is 5.81. The summed E-state index contributed by atoms with van der Waals surface area (Å²) in [4.78, 5) is 11.8. The lowest BCUT2D eigenvalue weighted by Gasteiger charge is -2.10. The molecule has 3 heteroatoms. The molecule has 1 aliphatic carbocycles. The third-order valence-electron chi connectivity index (χ3n) is 3.35. The molecule has 1 amide bonds. The summed E-state index contributed by atoms with van der Waals surface area (Å²) in [5.41, 5.74) is 1.21. The highest BCUT2D eigenvalue weighted by atomic mass is 35.5. The molecule has 17 heavy (non-hydrogen) atoms. The molecule has 0 saturated heterocycles. The van der Waals surface area contributed by atoms with Crippen LogP contribution < -0.4 is 5.32 Å². The van der Waals surface area contributed by atoms with E-state index in [-0.39, 0.29) is 11.8 Å². The Morgan fingerprint density at radius 3 is 2.53 bits per heavy atom. The summed E-state index contributed by atoms with van der Waals surface area (Å²) in [6, 6.07) is 7.78. The molecule has 0 heterocycles. The van der Waals surface area contributed by atoms with Crippen molar-refractivity contribution in [2.45, 2.75) is 32.1 Å². The van der Waals surface area contributed by atoms with Gasteiger partial charge in [-0.05, 0) is 37.0 Å². The molecule has 0 aromatic heterocycles. The number of hydrogen-bond donors (Lipinski definition) is 1. The monoisotopic (exact) mass is 251 g/mol. The molecule has 0 atom stereocenters. The first-order chi connectivity index (χ1) is 8.25. The number of benzene rings is 1. The number of nitrogens with one attached hydrogen (secondary N) is 1. The van der Waals surface area contributed by atoms with Gasteiger partial charge in [0.15, 0.2) is 0 Å². The molecule has 1 saturated carbocycles. The van der Waals surface area contributed by atoms with E-state index in [2.05, 4.69) is 5.32 Å². The highest BCUT2D eigenvalue weighted by Crippen LogP contribution is 2.24. The lowest BCUT2D eigenvalue weighted by molar-refractivity contribution is -0.124. The maximum Gasteiger partial charge on any atom is 0.223 e. The first-order valence-corrected chi connectivity index (χ1v) is 6.65. The lowest BCUT2D eigenvalue weighted by atomic mass is 10.1. The number of rotatable bonds is 4. The molecule has 0 aliphatic heterocycles. The van der Waals surface area contributed by atoms with E-state index in [1.165, 1.54) is 18.4 Å². The fourth-order valence-electron chi connectivity index (χ4n) is 2.31. The second-order valence-corrected chi connectivity index (χ2v) is 5.09. The van der Waals surface area contributed by atoms with Crippen LogP contribution in [0.15, 0.2) is 24.3 Å². The van der Waals surface area contributed by atoms with Crippen LogP contribution in [0.2, 0.25) is 5.02 Å². The van der Waals surface area contributed by atoms with Gasteiger partial charge in [0, 0.05) is 17.5 Å². The standard InChI is InChI=1S/C14H18ClNO/c15-13-7-5-11(6-8-13)9-10-16-14(17)12-3-1-2-4-12/h5-8,12H,1-4,9-10H2,(H,16,17). The highest BCUT2D eigenvalue weighted by molar-refractivity contribution is 6.30. The first kappa shape index (κ1) is 12.4. The summed E-state index contributed by atoms with van der Waals surface area (Å²) in [6.07, 6.45) is 5.40. The minimum absolute atomic E-state index is 0.233. The van der Waals surface area contributed by atoms with E-state index in [1.54, 1.807) is 0 Å². The minimum atomic E-state index is 0.233. The molecule has 0 radical (unpaired) electrons. The van der Waals surface area contributed by atoms with Crippen molar-refractivity contribution in [2.24, 2.45) is 5.92 Å². The van der Waals surface area contributed by atoms with Crippen molar-refractivity contribution < 1.29 is 4.79 Å². The Balaban J connectivity index is 1.72. The number of halogens is 1. The Labute approximate surface area is 107 Å². The van der Waals surface area contributed by atoms with Gasteiger partial charge in [-0.15, -0.1) is 0 Å². The molecule has 1 N–H and O–H groups in total. The second kappa shape index (κ2) is 6.06. The molecule has 1 aromatic carbocycles. The van der Waals surface area contributed by atoms with Crippen molar-refractivity contribution in [3.63, 3.8) is 0 Å². The summed E-state index contributed by atoms with van der Waals surface area (Å²) in [6.45, 7) is 0.719. The van der Waals surface area contributed by atoms with Crippen LogP contribution in [0.1, 0.15) is 31.2 Å². The molecule has 92 valence electrons. The molecular weight excluding hydrogens is 234 g/mol. The maximum atomic E-state index is 11.8. The van der Waals surface area contributed by atoms with Crippen LogP contribution >= 0.6 is 11.6 Å². The zero-order chi connectivity index (χ0) is 12.1. The molecule has 1 aliphatic rings. The van der Waals surface area contributed by atoms with Gasteiger partial charge < -0.3 is 5.32 Å². The average molecular weight is 252 g/mol. The smallest absolute Gasteiger partial charge is 0.223 e. The lowest BCUT2D eigenvalue weighted by Crippen LogP contribution is -2.30. The van der Waals surface area contributed by atoms with Crippen molar-refractivity contribution in [1.82, 2.24) is 5.32 Å². The van der Waals surface area contributed by atoms with E-state index >= 15 is 0 Å². The summed E-state index contributed by atoms with van der Waals surface area (Å²) in [7, 11) is 0. The Kier molecular flexibility index (Phi) is 4.43. The van der Waals surface area contributed by atoms with E-state index in [0.717, 1.165) is 30.8 Å². The minimum Gasteiger partial charge on any atom is -0.356 e. The van der Waals surface area contributed by atoms with Crippen molar-refractivity contribution in [1.29, 1.82) is 0 Å². The van der Waals surface area contributed by atoms with E-state index in [1.807, 2.05) is 24.3 Å². The first-order valence-electron chi connectivity index (χ1n) is 6.28. The van der Waals surface area contributed by atoms with Gasteiger partial charge in [0.2, 0.25) is 5.91 Å². The number of carbonyl (C=O) groups excluding carboxylic acids is 1. The average Bonchev–Trinajstić information content (AvgIpc) is 2.85. The zero-order valence-electron chi connectivity index (χ0n) is 9.92. The SMILES string of the molecule is O=C(NCCc1ccc(Cl)cc1)C1CCCC1. The van der Waals surface area contributed by atoms with Gasteiger partial charge in [0.1, 0.15) is 0 Å². The van der Waals surface area contributed by atoms with Gasteiger partial charge >= 0.3 is 0 Å². The molecule has 1 fully saturated rings. The molecular formula is C14H18ClNO. The van der Waals surface area contributed by atoms with Crippen LogP contribution in [0.4, 0.5) is 0 Å². The summed E-state index contributed by atoms with van der Waals surface area (Å²) in [5, 5.41) is 3.77. The summed E-state index contributed by atoms with van der Waals surface area (Å²) in [5.74, 6) is 0.497. The van der Waals surface area contributed by atoms with Crippen molar-refractivity contribution in [2.75, 3.05) is 6.54 Å². The van der Waals surface area contributed by atoms with Gasteiger partial charge in [0.05, 0.1) is 0 Å². The summed E-state index contributed by atoms with van der Waals surface area (Å²) < 4.78 is 0. The Hall–Kier alpha value is -1.02. The van der Waals surface area contributed by atoms with Crippen LogP contribution in [0.5, 0.6) is 0 Å². The van der Waals surface area contributed by atoms with Crippen molar-refractivity contribution in [3.8, 4) is 0 Å². The Bertz CT molecular complexity index is 368. The quantitative estimate of drug-likeness (QED) is 0.875. The third-order valence-corrected chi connectivity index (χ3v) is 3.60. The molecule has 1 aromatic rings. The van der Waals surface area contributed by atoms with E-state index in [4.69, 9.17) is 11.6 Å². The van der Waals surface area contributed by atoms with Crippen LogP contribution in [-0.2, 0) is 11.2 Å². The molecule has 2 rings (SSSR count). The number of amides is 1. The molecule has 0 bridgehead atoms. The van der Waals surface area contributed by atoms with Crippen LogP contribution in [0.25, 0.3) is 0 Å². The second-order valence-electron chi connectivity index (χ2n) is 4.65. The van der Waals surface area contributed by atoms with Crippen molar-refractivity contribution in [3.05, 3.63) is 34.9 Å². The maximum absolute atomic E-state index is 11.8. The normalized spacial score (nSPS) is 16.1. The van der Waals surface area contributed by atoms with Crippen LogP contribution in [0, 0.1) is 5.92 Å². The molecule has 2 nitrogen and oxygen atoms in total. The van der Waals surface area contributed by atoms with Crippen LogP contribution in [0.3, 0.4) is 0 Å². The largest absolute Gasteiger partial charge is 0.356 e. The van der Waals surface area contributed by atoms with Crippen LogP contribution in [-0.4, -0.2) is 12.5 Å². The number of hydrogen-bond acceptors (Lipinski definition) is 1. The van der Waals surface area contributed by atoms with E-state index in [0.29, 0.717) is 0 Å². The van der Waals surface area contributed by atoms with E-state index in [9.17, 15) is 4.79 Å². The Morgan fingerprint density at radius 2 is 1.88 bits per heavy atom. The number of carbonyl (C=O) groups is 1. The van der Waals surface area contributed by atoms with Gasteiger partial charge in [-0.3, -0.25) is 4.79 Å². The Morgan fingerprint density at radius 1 is 1.24 bits per heavy atom. The van der Waals surface area contributed by atoms with E-state index < -0.39 is 0 Å². The van der Waals surface area contributed by atoms with Gasteiger partial charge in [-0.1, -0.05) is 36.6 Å². The molecule has 0 unspecified atom stereocenters. The third kappa shape index (κ3) is 3.74. The predicted octanol–water partition coefficient (Wildman–Crippen LogP) is 3.19. The van der Waals surface area contributed by atoms with Gasteiger partial charge in [-0.25, -0.2) is 0 Å².